The number of hydrogen-bond acceptors (Lipinski definition) is 3. The molecule has 0 saturated heterocycles. The van der Waals surface area contributed by atoms with Gasteiger partial charge < -0.3 is 5.32 Å². The van der Waals surface area contributed by atoms with Crippen molar-refractivity contribution < 1.29 is 17.6 Å². The summed E-state index contributed by atoms with van der Waals surface area (Å²) < 4.78 is 36.4. The Balaban J connectivity index is 2.38. The van der Waals surface area contributed by atoms with Gasteiger partial charge in [-0.2, -0.15) is 0 Å². The molecule has 5 nitrogen and oxygen atoms in total. The third-order valence-electron chi connectivity index (χ3n) is 3.45. The van der Waals surface area contributed by atoms with Crippen molar-refractivity contribution in [3.8, 4) is 0 Å². The van der Waals surface area contributed by atoms with Crippen LogP contribution in [0.25, 0.3) is 0 Å². The van der Waals surface area contributed by atoms with Crippen LogP contribution in [0.2, 0.25) is 5.02 Å². The first-order valence-electron chi connectivity index (χ1n) is 5.97. The van der Waals surface area contributed by atoms with Crippen LogP contribution in [0.15, 0.2) is 17.0 Å². The van der Waals surface area contributed by atoms with Crippen molar-refractivity contribution in [2.45, 2.75) is 36.6 Å². The highest BCUT2D eigenvalue weighted by atomic mass is 35.5. The molecule has 110 valence electrons. The van der Waals surface area contributed by atoms with Crippen LogP contribution in [0, 0.1) is 5.82 Å². The molecular formula is C12H14ClFN2O3S. The number of sulfonamides is 1. The van der Waals surface area contributed by atoms with Gasteiger partial charge in [0, 0.05) is 5.54 Å². The molecule has 0 aromatic heterocycles. The van der Waals surface area contributed by atoms with E-state index in [1.54, 1.807) is 0 Å². The van der Waals surface area contributed by atoms with Crippen molar-refractivity contribution in [3.05, 3.63) is 28.5 Å². The lowest BCUT2D eigenvalue weighted by Gasteiger charge is -2.39. The van der Waals surface area contributed by atoms with Crippen LogP contribution in [-0.2, 0) is 10.0 Å². The van der Waals surface area contributed by atoms with Crippen molar-refractivity contribution >= 4 is 27.5 Å². The molecule has 1 amide bonds. The summed E-state index contributed by atoms with van der Waals surface area (Å²) in [6.45, 7) is 1.85. The standard InChI is InChI=1S/C12H14ClFN2O3S/c1-12(3-2-4-12)16-11(17)7-5-10(20(15,18)19)8(13)6-9(7)14/h5-6H,2-4H2,1H3,(H,16,17)(H2,15,18,19). The van der Waals surface area contributed by atoms with E-state index >= 15 is 0 Å². The number of rotatable bonds is 3. The molecule has 0 atom stereocenters. The van der Waals surface area contributed by atoms with Crippen molar-refractivity contribution in [1.82, 2.24) is 5.32 Å². The first-order chi connectivity index (χ1) is 9.12. The number of nitrogens with one attached hydrogen (secondary N) is 1. The number of carbonyl (C=O) groups is 1. The van der Waals surface area contributed by atoms with Gasteiger partial charge in [0.15, 0.2) is 0 Å². The largest absolute Gasteiger partial charge is 0.347 e. The maximum absolute atomic E-state index is 13.8. The maximum atomic E-state index is 13.8. The molecule has 0 heterocycles. The molecule has 1 fully saturated rings. The summed E-state index contributed by atoms with van der Waals surface area (Å²) in [5, 5.41) is 7.31. The molecule has 1 saturated carbocycles. The molecule has 0 radical (unpaired) electrons. The molecule has 1 aliphatic carbocycles. The summed E-state index contributed by atoms with van der Waals surface area (Å²) in [6.07, 6.45) is 2.59. The van der Waals surface area contributed by atoms with Gasteiger partial charge in [0.1, 0.15) is 10.7 Å². The van der Waals surface area contributed by atoms with Gasteiger partial charge in [-0.25, -0.2) is 17.9 Å². The molecule has 1 aromatic carbocycles. The lowest BCUT2D eigenvalue weighted by Crippen LogP contribution is -2.51. The second kappa shape index (κ2) is 4.98. The van der Waals surface area contributed by atoms with Crippen molar-refractivity contribution in [1.29, 1.82) is 0 Å². The van der Waals surface area contributed by atoms with Crippen LogP contribution in [0.4, 0.5) is 4.39 Å². The number of hydrogen-bond donors (Lipinski definition) is 2. The van der Waals surface area contributed by atoms with E-state index < -0.39 is 26.6 Å². The fourth-order valence-corrected chi connectivity index (χ4v) is 3.18. The Labute approximate surface area is 121 Å². The van der Waals surface area contributed by atoms with Crippen LogP contribution in [-0.4, -0.2) is 19.9 Å². The predicted octanol–water partition coefficient (Wildman–Crippen LogP) is 1.80. The van der Waals surface area contributed by atoms with E-state index in [4.69, 9.17) is 16.7 Å². The van der Waals surface area contributed by atoms with Gasteiger partial charge in [0.2, 0.25) is 10.0 Å². The SMILES string of the molecule is CC1(NC(=O)c2cc(S(N)(=O)=O)c(Cl)cc2F)CCC1. The fourth-order valence-electron chi connectivity index (χ4n) is 2.09. The molecule has 3 N–H and O–H groups in total. The van der Waals surface area contributed by atoms with Crippen molar-refractivity contribution in [2.24, 2.45) is 5.14 Å². The van der Waals surface area contributed by atoms with E-state index in [1.165, 1.54) is 0 Å². The molecule has 0 aliphatic heterocycles. The lowest BCUT2D eigenvalue weighted by atomic mass is 9.78. The smallest absolute Gasteiger partial charge is 0.254 e. The molecule has 0 unspecified atom stereocenters. The van der Waals surface area contributed by atoms with E-state index in [9.17, 15) is 17.6 Å². The normalized spacial score (nSPS) is 17.4. The average molecular weight is 321 g/mol. The Kier molecular flexibility index (Phi) is 3.79. The molecule has 0 spiro atoms. The van der Waals surface area contributed by atoms with Crippen LogP contribution in [0.5, 0.6) is 0 Å². The number of halogens is 2. The predicted molar refractivity (Wildman–Crippen MR) is 72.5 cm³/mol. The van der Waals surface area contributed by atoms with Crippen LogP contribution in [0.3, 0.4) is 0 Å². The summed E-state index contributed by atoms with van der Waals surface area (Å²) in [6, 6.07) is 1.64. The molecule has 2 rings (SSSR count). The number of carbonyl (C=O) groups excluding carboxylic acids is 1. The summed E-state index contributed by atoms with van der Waals surface area (Å²) in [5.74, 6) is -1.56. The quantitative estimate of drug-likeness (QED) is 0.890. The van der Waals surface area contributed by atoms with Crippen LogP contribution < -0.4 is 10.5 Å². The number of amides is 1. The first kappa shape index (κ1) is 15.2. The van der Waals surface area contributed by atoms with Gasteiger partial charge in [-0.15, -0.1) is 0 Å². The first-order valence-corrected chi connectivity index (χ1v) is 7.89. The maximum Gasteiger partial charge on any atom is 0.254 e. The van der Waals surface area contributed by atoms with E-state index in [0.717, 1.165) is 31.4 Å². The fraction of sp³-hybridized carbons (Fsp3) is 0.417. The van der Waals surface area contributed by atoms with Gasteiger partial charge in [-0.05, 0) is 38.3 Å². The van der Waals surface area contributed by atoms with E-state index in [2.05, 4.69) is 5.32 Å². The zero-order valence-electron chi connectivity index (χ0n) is 10.7. The lowest BCUT2D eigenvalue weighted by molar-refractivity contribution is 0.0846. The zero-order chi connectivity index (χ0) is 15.1. The summed E-state index contributed by atoms with van der Waals surface area (Å²) in [7, 11) is -4.12. The zero-order valence-corrected chi connectivity index (χ0v) is 12.3. The van der Waals surface area contributed by atoms with Crippen LogP contribution in [0.1, 0.15) is 36.5 Å². The molecule has 1 aliphatic rings. The topological polar surface area (TPSA) is 89.3 Å². The second-order valence-corrected chi connectivity index (χ2v) is 7.11. The highest BCUT2D eigenvalue weighted by Crippen LogP contribution is 2.32. The molecule has 8 heteroatoms. The van der Waals surface area contributed by atoms with Gasteiger partial charge >= 0.3 is 0 Å². The monoisotopic (exact) mass is 320 g/mol. The van der Waals surface area contributed by atoms with Gasteiger partial charge in [-0.1, -0.05) is 11.6 Å². The molecule has 1 aromatic rings. The van der Waals surface area contributed by atoms with Crippen molar-refractivity contribution in [3.63, 3.8) is 0 Å². The molecule has 20 heavy (non-hydrogen) atoms. The van der Waals surface area contributed by atoms with E-state index in [1.807, 2.05) is 6.92 Å². The number of primary sulfonamides is 1. The Morgan fingerprint density at radius 3 is 2.50 bits per heavy atom. The average Bonchev–Trinajstić information content (AvgIpc) is 2.24. The Hall–Kier alpha value is -1.18. The summed E-state index contributed by atoms with van der Waals surface area (Å²) in [4.78, 5) is 11.6. The van der Waals surface area contributed by atoms with Crippen molar-refractivity contribution in [2.75, 3.05) is 0 Å². The van der Waals surface area contributed by atoms with Gasteiger partial charge in [-0.3, -0.25) is 4.79 Å². The van der Waals surface area contributed by atoms with E-state index in [-0.39, 0.29) is 16.1 Å². The van der Waals surface area contributed by atoms with Gasteiger partial charge in [0.25, 0.3) is 5.91 Å². The van der Waals surface area contributed by atoms with Crippen LogP contribution >= 0.6 is 11.6 Å². The minimum absolute atomic E-state index is 0.351. The minimum atomic E-state index is -4.12. The Morgan fingerprint density at radius 2 is 2.05 bits per heavy atom. The highest BCUT2D eigenvalue weighted by Gasteiger charge is 2.34. The van der Waals surface area contributed by atoms with E-state index in [0.29, 0.717) is 0 Å². The number of benzene rings is 1. The Morgan fingerprint density at radius 1 is 1.45 bits per heavy atom. The third kappa shape index (κ3) is 2.94. The number of nitrogens with two attached hydrogens (primary N) is 1. The highest BCUT2D eigenvalue weighted by molar-refractivity contribution is 7.89. The molecular weight excluding hydrogens is 307 g/mol. The third-order valence-corrected chi connectivity index (χ3v) is 4.82. The summed E-state index contributed by atoms with van der Waals surface area (Å²) >= 11 is 5.63. The summed E-state index contributed by atoms with van der Waals surface area (Å²) in [5.41, 5.74) is -0.753. The minimum Gasteiger partial charge on any atom is -0.347 e. The van der Waals surface area contributed by atoms with Gasteiger partial charge in [0.05, 0.1) is 10.6 Å². The second-order valence-electron chi connectivity index (χ2n) is 5.18. The molecule has 0 bridgehead atoms. The Bertz CT molecular complexity index is 672.